The van der Waals surface area contributed by atoms with E-state index in [0.29, 0.717) is 24.4 Å². The molecule has 0 bridgehead atoms. The van der Waals surface area contributed by atoms with Crippen LogP contribution < -0.4 is 5.73 Å². The molecule has 0 amide bonds. The monoisotopic (exact) mass is 368 g/mol. The maximum Gasteiger partial charge on any atom is 0.243 e. The van der Waals surface area contributed by atoms with Crippen molar-refractivity contribution in [2.75, 3.05) is 13.1 Å². The number of nitrogens with two attached hydrogens (primary N) is 1. The van der Waals surface area contributed by atoms with Gasteiger partial charge in [0.05, 0.1) is 4.90 Å². The van der Waals surface area contributed by atoms with E-state index in [9.17, 15) is 8.42 Å². The van der Waals surface area contributed by atoms with Crippen molar-refractivity contribution in [2.24, 2.45) is 11.7 Å². The van der Waals surface area contributed by atoms with E-state index >= 15 is 0 Å². The summed E-state index contributed by atoms with van der Waals surface area (Å²) in [7, 11) is -3.39. The summed E-state index contributed by atoms with van der Waals surface area (Å²) < 4.78 is 27.2. The topological polar surface area (TPSA) is 63.4 Å². The molecule has 0 aliphatic carbocycles. The lowest BCUT2D eigenvalue weighted by Crippen LogP contribution is -2.48. The molecule has 1 aromatic carbocycles. The molecule has 2 rings (SSSR count). The molecule has 1 fully saturated rings. The Balaban J connectivity index is 0.00000180. The maximum absolute atomic E-state index is 12.5. The molecule has 0 saturated carbocycles. The Hall–Kier alpha value is -0.140. The zero-order chi connectivity index (χ0) is 13.3. The number of hydrogen-bond acceptors (Lipinski definition) is 3. The van der Waals surface area contributed by atoms with Crippen molar-refractivity contribution in [1.29, 1.82) is 0 Å². The van der Waals surface area contributed by atoms with Crippen LogP contribution >= 0.6 is 28.3 Å². The van der Waals surface area contributed by atoms with Crippen molar-refractivity contribution in [3.63, 3.8) is 0 Å². The lowest BCUT2D eigenvalue weighted by Gasteiger charge is -2.34. The Kier molecular flexibility index (Phi) is 5.82. The van der Waals surface area contributed by atoms with E-state index in [1.165, 1.54) is 4.31 Å². The highest BCUT2D eigenvalue weighted by atomic mass is 79.9. The van der Waals surface area contributed by atoms with Crippen molar-refractivity contribution in [2.45, 2.75) is 24.3 Å². The first-order valence-electron chi connectivity index (χ1n) is 5.92. The van der Waals surface area contributed by atoms with Crippen molar-refractivity contribution < 1.29 is 8.42 Å². The maximum atomic E-state index is 12.5. The van der Waals surface area contributed by atoms with Gasteiger partial charge in [0.2, 0.25) is 10.0 Å². The minimum atomic E-state index is -3.39. The van der Waals surface area contributed by atoms with Crippen molar-refractivity contribution >= 4 is 38.4 Å². The highest BCUT2D eigenvalue weighted by Crippen LogP contribution is 2.24. The largest absolute Gasteiger partial charge is 0.327 e. The second-order valence-electron chi connectivity index (χ2n) is 4.75. The summed E-state index contributed by atoms with van der Waals surface area (Å²) in [5.41, 5.74) is 5.92. The summed E-state index contributed by atoms with van der Waals surface area (Å²) in [5, 5.41) is 0. The van der Waals surface area contributed by atoms with E-state index < -0.39 is 10.0 Å². The third-order valence-electron chi connectivity index (χ3n) is 3.37. The normalized spacial score (nSPS) is 24.8. The molecule has 1 heterocycles. The minimum absolute atomic E-state index is 0. The second kappa shape index (κ2) is 6.54. The summed E-state index contributed by atoms with van der Waals surface area (Å²) in [6, 6.07) is 6.90. The third kappa shape index (κ3) is 3.70. The van der Waals surface area contributed by atoms with Crippen molar-refractivity contribution in [3.8, 4) is 0 Å². The molecular formula is C12H18BrClN2O2S. The number of rotatable bonds is 2. The Morgan fingerprint density at radius 3 is 2.68 bits per heavy atom. The van der Waals surface area contributed by atoms with Gasteiger partial charge in [-0.1, -0.05) is 28.9 Å². The Morgan fingerprint density at radius 1 is 1.42 bits per heavy atom. The fourth-order valence-corrected chi connectivity index (χ4v) is 4.27. The van der Waals surface area contributed by atoms with Crippen LogP contribution in [0, 0.1) is 5.92 Å². The summed E-state index contributed by atoms with van der Waals surface area (Å²) in [5.74, 6) is 0.195. The summed E-state index contributed by atoms with van der Waals surface area (Å²) >= 11 is 3.30. The highest BCUT2D eigenvalue weighted by molar-refractivity contribution is 9.10. The lowest BCUT2D eigenvalue weighted by atomic mass is 9.96. The van der Waals surface area contributed by atoms with E-state index in [0.717, 1.165) is 4.47 Å². The molecule has 19 heavy (non-hydrogen) atoms. The molecular weight excluding hydrogens is 352 g/mol. The number of sulfonamides is 1. The average molecular weight is 370 g/mol. The van der Waals surface area contributed by atoms with Gasteiger partial charge < -0.3 is 5.73 Å². The summed E-state index contributed by atoms with van der Waals surface area (Å²) in [6.45, 7) is 2.99. The smallest absolute Gasteiger partial charge is 0.243 e. The molecule has 0 aromatic heterocycles. The fourth-order valence-electron chi connectivity index (χ4n) is 2.12. The van der Waals surface area contributed by atoms with Gasteiger partial charge in [0.15, 0.2) is 0 Å². The van der Waals surface area contributed by atoms with Crippen LogP contribution in [0.2, 0.25) is 0 Å². The van der Waals surface area contributed by atoms with E-state index in [4.69, 9.17) is 5.73 Å². The Morgan fingerprint density at radius 2 is 2.11 bits per heavy atom. The molecule has 108 valence electrons. The van der Waals surface area contributed by atoms with Crippen LogP contribution in [0.1, 0.15) is 13.3 Å². The number of nitrogens with zero attached hydrogens (tertiary/aromatic N) is 1. The summed E-state index contributed by atoms with van der Waals surface area (Å²) in [6.07, 6.45) is 0.717. The molecule has 1 aliphatic rings. The molecule has 2 unspecified atom stereocenters. The average Bonchev–Trinajstić information content (AvgIpc) is 2.32. The second-order valence-corrected chi connectivity index (χ2v) is 7.60. The van der Waals surface area contributed by atoms with Crippen molar-refractivity contribution in [1.82, 2.24) is 4.31 Å². The number of piperidine rings is 1. The SMILES string of the molecule is CC1CN(S(=O)(=O)c2cccc(Br)c2)CCC1N.Cl. The highest BCUT2D eigenvalue weighted by Gasteiger charge is 2.31. The molecule has 1 saturated heterocycles. The van der Waals surface area contributed by atoms with Crippen molar-refractivity contribution in [3.05, 3.63) is 28.7 Å². The molecule has 2 atom stereocenters. The van der Waals surface area contributed by atoms with Gasteiger partial charge in [-0.05, 0) is 30.5 Å². The van der Waals surface area contributed by atoms with Crippen LogP contribution in [0.25, 0.3) is 0 Å². The molecule has 1 aliphatic heterocycles. The van der Waals surface area contributed by atoms with Crippen LogP contribution in [0.4, 0.5) is 0 Å². The Labute approximate surface area is 128 Å². The first-order chi connectivity index (χ1) is 8.41. The standard InChI is InChI=1S/C12H17BrN2O2S.ClH/c1-9-8-15(6-5-12(9)14)18(16,17)11-4-2-3-10(13)7-11;/h2-4,7,9,12H,5-6,8,14H2,1H3;1H. The molecule has 0 spiro atoms. The minimum Gasteiger partial charge on any atom is -0.327 e. The number of benzene rings is 1. The predicted molar refractivity (Wildman–Crippen MR) is 81.9 cm³/mol. The van der Waals surface area contributed by atoms with Crippen LogP contribution in [-0.4, -0.2) is 31.9 Å². The van der Waals surface area contributed by atoms with E-state index in [2.05, 4.69) is 15.9 Å². The first kappa shape index (κ1) is 16.9. The van der Waals surface area contributed by atoms with Crippen LogP contribution in [0.5, 0.6) is 0 Å². The van der Waals surface area contributed by atoms with E-state index in [-0.39, 0.29) is 24.4 Å². The van der Waals surface area contributed by atoms with Crippen LogP contribution in [-0.2, 0) is 10.0 Å². The Bertz CT molecular complexity index is 538. The summed E-state index contributed by atoms with van der Waals surface area (Å²) in [4.78, 5) is 0.333. The quantitative estimate of drug-likeness (QED) is 0.869. The van der Waals surface area contributed by atoms with Gasteiger partial charge in [0.25, 0.3) is 0 Å². The van der Waals surface area contributed by atoms with Gasteiger partial charge >= 0.3 is 0 Å². The van der Waals surface area contributed by atoms with Gasteiger partial charge in [-0.25, -0.2) is 8.42 Å². The number of hydrogen-bond donors (Lipinski definition) is 1. The molecule has 0 radical (unpaired) electrons. The van der Waals surface area contributed by atoms with Gasteiger partial charge in [-0.3, -0.25) is 0 Å². The number of halogens is 2. The third-order valence-corrected chi connectivity index (χ3v) is 5.72. The van der Waals surface area contributed by atoms with Gasteiger partial charge in [0, 0.05) is 23.6 Å². The molecule has 1 aromatic rings. The zero-order valence-corrected chi connectivity index (χ0v) is 13.8. The van der Waals surface area contributed by atoms with E-state index in [1.807, 2.05) is 13.0 Å². The lowest BCUT2D eigenvalue weighted by molar-refractivity contribution is 0.250. The van der Waals surface area contributed by atoms with E-state index in [1.54, 1.807) is 18.2 Å². The van der Waals surface area contributed by atoms with Gasteiger partial charge in [0.1, 0.15) is 0 Å². The first-order valence-corrected chi connectivity index (χ1v) is 8.16. The molecule has 2 N–H and O–H groups in total. The van der Waals surface area contributed by atoms with Crippen LogP contribution in [0.3, 0.4) is 0 Å². The van der Waals surface area contributed by atoms with Gasteiger partial charge in [-0.15, -0.1) is 12.4 Å². The fraction of sp³-hybridized carbons (Fsp3) is 0.500. The molecule has 4 nitrogen and oxygen atoms in total. The molecule has 7 heteroatoms. The predicted octanol–water partition coefficient (Wildman–Crippen LogP) is 2.23. The van der Waals surface area contributed by atoms with Crippen LogP contribution in [0.15, 0.2) is 33.6 Å². The zero-order valence-electron chi connectivity index (χ0n) is 10.6. The van der Waals surface area contributed by atoms with Gasteiger partial charge in [-0.2, -0.15) is 4.31 Å².